The zero-order valence-electron chi connectivity index (χ0n) is 14.4. The van der Waals surface area contributed by atoms with Crippen molar-refractivity contribution in [3.63, 3.8) is 0 Å². The van der Waals surface area contributed by atoms with Crippen LogP contribution in [-0.4, -0.2) is 29.4 Å². The third kappa shape index (κ3) is 3.36. The summed E-state index contributed by atoms with van der Waals surface area (Å²) in [4.78, 5) is 29.6. The summed E-state index contributed by atoms with van der Waals surface area (Å²) in [5, 5.41) is -0.0686. The Bertz CT molecular complexity index is 757. The van der Waals surface area contributed by atoms with Crippen LogP contribution in [0.5, 0.6) is 0 Å². The predicted molar refractivity (Wildman–Crippen MR) is 97.6 cm³/mol. The Morgan fingerprint density at radius 1 is 1.08 bits per heavy atom. The minimum absolute atomic E-state index is 0.0686. The predicted octanol–water partition coefficient (Wildman–Crippen LogP) is 4.16. The highest BCUT2D eigenvalue weighted by Gasteiger charge is 2.27. The summed E-state index contributed by atoms with van der Waals surface area (Å²) in [6.07, 6.45) is 2.92. The highest BCUT2D eigenvalue weighted by molar-refractivity contribution is 8.13. The number of pyridine rings is 1. The molecule has 0 unspecified atom stereocenters. The normalized spacial score (nSPS) is 10.5. The lowest BCUT2D eigenvalue weighted by molar-refractivity contribution is 0.0600. The highest BCUT2D eigenvalue weighted by Crippen LogP contribution is 2.31. The van der Waals surface area contributed by atoms with Gasteiger partial charge >= 0.3 is 5.97 Å². The zero-order valence-corrected chi connectivity index (χ0v) is 15.2. The third-order valence-corrected chi connectivity index (χ3v) is 4.47. The van der Waals surface area contributed by atoms with E-state index in [2.05, 4.69) is 4.98 Å². The first-order chi connectivity index (χ1) is 11.6. The Hall–Kier alpha value is -2.14. The van der Waals surface area contributed by atoms with Crippen LogP contribution < -0.4 is 0 Å². The molecule has 5 heteroatoms. The molecule has 0 saturated heterocycles. The van der Waals surface area contributed by atoms with Crippen molar-refractivity contribution < 1.29 is 14.3 Å². The van der Waals surface area contributed by atoms with Crippen molar-refractivity contribution in [2.75, 3.05) is 13.4 Å². The summed E-state index contributed by atoms with van der Waals surface area (Å²) >= 11 is 1.14. The Balaban J connectivity index is 2.90. The van der Waals surface area contributed by atoms with Crippen LogP contribution in [0.1, 0.15) is 45.8 Å². The van der Waals surface area contributed by atoms with Gasteiger partial charge in [0.15, 0.2) is 0 Å². The molecule has 0 aliphatic rings. The lowest BCUT2D eigenvalue weighted by Gasteiger charge is -2.18. The minimum Gasteiger partial charge on any atom is -0.465 e. The number of thioether (sulfide) groups is 1. The lowest BCUT2D eigenvalue weighted by Crippen LogP contribution is -2.16. The first-order valence-electron chi connectivity index (χ1n) is 7.86. The number of aryl methyl sites for hydroxylation is 1. The maximum Gasteiger partial charge on any atom is 0.340 e. The van der Waals surface area contributed by atoms with Crippen molar-refractivity contribution >= 4 is 22.8 Å². The fraction of sp³-hybridized carbons (Fsp3) is 0.316. The average Bonchev–Trinajstić information content (AvgIpc) is 2.65. The molecule has 0 N–H and O–H groups in total. The number of benzene rings is 1. The maximum absolute atomic E-state index is 12.5. The second-order valence-corrected chi connectivity index (χ2v) is 5.97. The first-order valence-corrected chi connectivity index (χ1v) is 9.09. The summed E-state index contributed by atoms with van der Waals surface area (Å²) in [6, 6.07) is 9.52. The van der Waals surface area contributed by atoms with Gasteiger partial charge in [0.05, 0.1) is 29.6 Å². The molecule has 0 aliphatic heterocycles. The van der Waals surface area contributed by atoms with Gasteiger partial charge in [0.2, 0.25) is 5.12 Å². The number of rotatable bonds is 5. The molecular formula is C19H21NO3S. The molecule has 24 heavy (non-hydrogen) atoms. The van der Waals surface area contributed by atoms with Gasteiger partial charge in [-0.05, 0) is 24.7 Å². The number of carbonyl (C=O) groups is 2. The molecule has 1 heterocycles. The molecule has 0 atom stereocenters. The fourth-order valence-electron chi connectivity index (χ4n) is 2.77. The van der Waals surface area contributed by atoms with Crippen LogP contribution in [0.4, 0.5) is 0 Å². The van der Waals surface area contributed by atoms with Gasteiger partial charge < -0.3 is 4.74 Å². The molecule has 2 aromatic rings. The van der Waals surface area contributed by atoms with Crippen LogP contribution in [0.25, 0.3) is 11.3 Å². The monoisotopic (exact) mass is 343 g/mol. The van der Waals surface area contributed by atoms with E-state index in [9.17, 15) is 9.59 Å². The number of methoxy groups -OCH3 is 1. The highest BCUT2D eigenvalue weighted by atomic mass is 32.2. The molecule has 4 nitrogen and oxygen atoms in total. The Labute approximate surface area is 146 Å². The summed E-state index contributed by atoms with van der Waals surface area (Å²) < 4.78 is 4.99. The maximum atomic E-state index is 12.5. The number of nitrogens with zero attached hydrogens (tertiary/aromatic N) is 1. The quantitative estimate of drug-likeness (QED) is 0.763. The minimum atomic E-state index is -0.462. The topological polar surface area (TPSA) is 56.3 Å². The number of aromatic nitrogens is 1. The van der Waals surface area contributed by atoms with Crippen molar-refractivity contribution in [3.8, 4) is 11.3 Å². The van der Waals surface area contributed by atoms with Crippen LogP contribution in [0, 0.1) is 0 Å². The standard InChI is InChI=1S/C19H21NO3S/c1-5-13-15(19(22)24-4)14(6-2)20-17(16(13)18(21)23-3)12-10-8-7-9-11-12/h7-11H,5-6H2,1-4H3. The second kappa shape index (κ2) is 8.11. The average molecular weight is 343 g/mol. The van der Waals surface area contributed by atoms with E-state index in [-0.39, 0.29) is 5.12 Å². The number of esters is 1. The number of hydrogen-bond donors (Lipinski definition) is 0. The molecule has 0 spiro atoms. The van der Waals surface area contributed by atoms with Gasteiger partial charge in [0.1, 0.15) is 0 Å². The number of carbonyl (C=O) groups excluding carboxylic acids is 2. The molecule has 0 radical (unpaired) electrons. The molecule has 0 amide bonds. The van der Waals surface area contributed by atoms with Crippen LogP contribution in [0.3, 0.4) is 0 Å². The first kappa shape index (κ1) is 18.2. The van der Waals surface area contributed by atoms with Crippen molar-refractivity contribution in [3.05, 3.63) is 52.7 Å². The van der Waals surface area contributed by atoms with E-state index in [1.54, 1.807) is 6.26 Å². The van der Waals surface area contributed by atoms with Crippen molar-refractivity contribution in [1.29, 1.82) is 0 Å². The van der Waals surface area contributed by atoms with Gasteiger partial charge in [0, 0.05) is 5.56 Å². The van der Waals surface area contributed by atoms with Crippen molar-refractivity contribution in [1.82, 2.24) is 4.98 Å². The van der Waals surface area contributed by atoms with E-state index in [0.29, 0.717) is 35.2 Å². The van der Waals surface area contributed by atoms with Gasteiger partial charge in [-0.2, -0.15) is 0 Å². The SMILES string of the molecule is CCc1nc(-c2ccccc2)c(C(=O)OC)c(CC)c1C(=O)SC. The summed E-state index contributed by atoms with van der Waals surface area (Å²) in [7, 11) is 1.35. The zero-order chi connectivity index (χ0) is 17.7. The van der Waals surface area contributed by atoms with Crippen molar-refractivity contribution in [2.24, 2.45) is 0 Å². The largest absolute Gasteiger partial charge is 0.465 e. The molecule has 0 bridgehead atoms. The molecule has 0 saturated carbocycles. The Kier molecular flexibility index (Phi) is 6.15. The van der Waals surface area contributed by atoms with E-state index in [4.69, 9.17) is 4.74 Å². The van der Waals surface area contributed by atoms with E-state index in [0.717, 1.165) is 23.0 Å². The molecule has 2 rings (SSSR count). The van der Waals surface area contributed by atoms with Gasteiger partial charge in [0.25, 0.3) is 0 Å². The third-order valence-electron chi connectivity index (χ3n) is 3.89. The van der Waals surface area contributed by atoms with E-state index < -0.39 is 5.97 Å². The Morgan fingerprint density at radius 2 is 1.75 bits per heavy atom. The van der Waals surface area contributed by atoms with Crippen LogP contribution >= 0.6 is 11.8 Å². The van der Waals surface area contributed by atoms with Gasteiger partial charge in [-0.25, -0.2) is 4.79 Å². The van der Waals surface area contributed by atoms with Gasteiger partial charge in [-0.15, -0.1) is 0 Å². The fourth-order valence-corrected chi connectivity index (χ4v) is 3.21. The van der Waals surface area contributed by atoms with Gasteiger partial charge in [-0.3, -0.25) is 9.78 Å². The number of hydrogen-bond acceptors (Lipinski definition) is 5. The number of ether oxygens (including phenoxy) is 1. The van der Waals surface area contributed by atoms with E-state index in [1.165, 1.54) is 7.11 Å². The van der Waals surface area contributed by atoms with Crippen LogP contribution in [0.2, 0.25) is 0 Å². The van der Waals surface area contributed by atoms with E-state index >= 15 is 0 Å². The molecule has 0 aliphatic carbocycles. The summed E-state index contributed by atoms with van der Waals surface area (Å²) in [5.41, 5.74) is 3.79. The molecule has 0 fully saturated rings. The molecular weight excluding hydrogens is 322 g/mol. The van der Waals surface area contributed by atoms with E-state index in [1.807, 2.05) is 44.2 Å². The summed E-state index contributed by atoms with van der Waals surface area (Å²) in [6.45, 7) is 3.90. The summed E-state index contributed by atoms with van der Waals surface area (Å²) in [5.74, 6) is -0.462. The van der Waals surface area contributed by atoms with Crippen LogP contribution in [-0.2, 0) is 17.6 Å². The molecule has 1 aromatic carbocycles. The molecule has 126 valence electrons. The Morgan fingerprint density at radius 3 is 2.25 bits per heavy atom. The van der Waals surface area contributed by atoms with Gasteiger partial charge in [-0.1, -0.05) is 55.9 Å². The smallest absolute Gasteiger partial charge is 0.340 e. The second-order valence-electron chi connectivity index (χ2n) is 5.19. The van der Waals surface area contributed by atoms with Crippen LogP contribution in [0.15, 0.2) is 30.3 Å². The lowest BCUT2D eigenvalue weighted by atomic mass is 9.93. The molecule has 1 aromatic heterocycles. The van der Waals surface area contributed by atoms with Crippen molar-refractivity contribution in [2.45, 2.75) is 26.7 Å².